The van der Waals surface area contributed by atoms with E-state index in [2.05, 4.69) is 229 Å². The Labute approximate surface area is 368 Å². The number of rotatable bonds is 6. The maximum absolute atomic E-state index is 6.96. The molecule has 63 heavy (non-hydrogen) atoms. The fourth-order valence-corrected chi connectivity index (χ4v) is 11.0. The molecule has 3 heteroatoms. The van der Waals surface area contributed by atoms with Crippen LogP contribution in [-0.2, 0) is 0 Å². The fraction of sp³-hybridized carbons (Fsp3) is 0. The monoisotopic (exact) mass is 819 g/mol. The van der Waals surface area contributed by atoms with E-state index >= 15 is 0 Å². The van der Waals surface area contributed by atoms with Gasteiger partial charge < -0.3 is 9.32 Å². The van der Waals surface area contributed by atoms with Crippen molar-refractivity contribution in [1.29, 1.82) is 0 Å². The summed E-state index contributed by atoms with van der Waals surface area (Å²) < 4.78 is 9.58. The van der Waals surface area contributed by atoms with Crippen LogP contribution in [0.2, 0.25) is 0 Å². The topological polar surface area (TPSA) is 16.4 Å². The summed E-state index contributed by atoms with van der Waals surface area (Å²) in [6, 6.07) is 81.7. The van der Waals surface area contributed by atoms with E-state index in [0.29, 0.717) is 0 Å². The largest absolute Gasteiger partial charge is 0.455 e. The van der Waals surface area contributed by atoms with E-state index in [1.807, 2.05) is 11.3 Å². The highest BCUT2D eigenvalue weighted by atomic mass is 32.1. The van der Waals surface area contributed by atoms with Crippen molar-refractivity contribution in [2.45, 2.75) is 0 Å². The van der Waals surface area contributed by atoms with Crippen LogP contribution in [0.15, 0.2) is 229 Å². The third-order valence-corrected chi connectivity index (χ3v) is 14.0. The summed E-state index contributed by atoms with van der Waals surface area (Å²) in [7, 11) is 0. The first-order chi connectivity index (χ1) is 31.2. The van der Waals surface area contributed by atoms with Crippen LogP contribution in [0.3, 0.4) is 0 Å². The normalized spacial score (nSPS) is 11.8. The molecule has 0 fully saturated rings. The number of benzene rings is 11. The minimum atomic E-state index is 0.864. The van der Waals surface area contributed by atoms with Crippen LogP contribution < -0.4 is 4.90 Å². The van der Waals surface area contributed by atoms with Gasteiger partial charge in [-0.1, -0.05) is 158 Å². The number of thiophene rings is 1. The third kappa shape index (κ3) is 5.78. The molecule has 2 heterocycles. The second kappa shape index (κ2) is 14.3. The number of hydrogen-bond acceptors (Lipinski definition) is 3. The van der Waals surface area contributed by atoms with Gasteiger partial charge in [0, 0.05) is 42.2 Å². The van der Waals surface area contributed by atoms with Gasteiger partial charge in [-0.25, -0.2) is 0 Å². The Kier molecular flexibility index (Phi) is 8.12. The summed E-state index contributed by atoms with van der Waals surface area (Å²) in [5.74, 6) is 0. The van der Waals surface area contributed by atoms with E-state index < -0.39 is 0 Å². The van der Waals surface area contributed by atoms with E-state index in [0.717, 1.165) is 50.1 Å². The summed E-state index contributed by atoms with van der Waals surface area (Å²) in [6.07, 6.45) is 0. The lowest BCUT2D eigenvalue weighted by molar-refractivity contribution is 0.670. The number of furan rings is 1. The van der Waals surface area contributed by atoms with Crippen molar-refractivity contribution < 1.29 is 4.42 Å². The SMILES string of the molecule is c1cc(-c2ccc3sc4ccccc4c3c2)cc(-c2ccc(N(c3ccc(-c4cc5ccccc5c5ccccc45)cc3)c3cccc4ccccc34)c3c2oc2ccccc23)c1. The summed E-state index contributed by atoms with van der Waals surface area (Å²) >= 11 is 1.85. The first kappa shape index (κ1) is 35.7. The molecule has 0 amide bonds. The van der Waals surface area contributed by atoms with Gasteiger partial charge in [-0.05, 0) is 121 Å². The molecule has 0 aliphatic rings. The van der Waals surface area contributed by atoms with Gasteiger partial charge in [-0.15, -0.1) is 11.3 Å². The van der Waals surface area contributed by atoms with E-state index in [9.17, 15) is 0 Å². The number of para-hydroxylation sites is 1. The average Bonchev–Trinajstić information content (AvgIpc) is 3.93. The van der Waals surface area contributed by atoms with Crippen molar-refractivity contribution in [2.24, 2.45) is 0 Å². The predicted octanol–water partition coefficient (Wildman–Crippen LogP) is 17.9. The molecule has 0 saturated heterocycles. The van der Waals surface area contributed by atoms with E-state index in [4.69, 9.17) is 4.42 Å². The molecular formula is C60H37NOS. The standard InChI is InChI=1S/C60H37NOS/c1-4-19-46-38(13-1)15-12-24-54(46)61(44-30-27-39(28-31-44)52-37-43-14-2-3-18-45(43)48-20-5-6-21-49(48)52)55-33-32-47(60-59(55)51-23-7-9-25-56(51)62-60)42-17-11-16-40(35-42)41-29-34-58-53(36-41)50-22-8-10-26-57(50)63-58/h1-37H. The lowest BCUT2D eigenvalue weighted by atomic mass is 9.93. The van der Waals surface area contributed by atoms with E-state index in [-0.39, 0.29) is 0 Å². The van der Waals surface area contributed by atoms with Crippen molar-refractivity contribution in [3.8, 4) is 33.4 Å². The Bertz CT molecular complexity index is 3920. The molecule has 2 nitrogen and oxygen atoms in total. The van der Waals surface area contributed by atoms with Crippen LogP contribution in [0.5, 0.6) is 0 Å². The number of nitrogens with zero attached hydrogens (tertiary/aromatic N) is 1. The summed E-state index contributed by atoms with van der Waals surface area (Å²) in [5, 5.41) is 12.2. The molecule has 0 aliphatic heterocycles. The van der Waals surface area contributed by atoms with Crippen LogP contribution >= 0.6 is 11.3 Å². The predicted molar refractivity (Wildman–Crippen MR) is 270 cm³/mol. The van der Waals surface area contributed by atoms with Gasteiger partial charge in [0.25, 0.3) is 0 Å². The highest BCUT2D eigenvalue weighted by Crippen LogP contribution is 2.48. The quantitative estimate of drug-likeness (QED) is 0.155. The molecule has 13 rings (SSSR count). The van der Waals surface area contributed by atoms with Crippen molar-refractivity contribution in [3.63, 3.8) is 0 Å². The fourth-order valence-electron chi connectivity index (χ4n) is 9.89. The second-order valence-corrected chi connectivity index (χ2v) is 17.5. The average molecular weight is 820 g/mol. The maximum atomic E-state index is 6.96. The Hall–Kier alpha value is -7.98. The van der Waals surface area contributed by atoms with Gasteiger partial charge >= 0.3 is 0 Å². The van der Waals surface area contributed by atoms with Gasteiger partial charge in [0.2, 0.25) is 0 Å². The molecule has 0 atom stereocenters. The minimum Gasteiger partial charge on any atom is -0.455 e. The van der Waals surface area contributed by atoms with Crippen molar-refractivity contribution in [3.05, 3.63) is 224 Å². The van der Waals surface area contributed by atoms with Crippen LogP contribution in [0.1, 0.15) is 0 Å². The zero-order chi connectivity index (χ0) is 41.4. The number of fused-ring (bicyclic) bond motifs is 10. The van der Waals surface area contributed by atoms with Crippen LogP contribution in [0.25, 0.3) is 108 Å². The second-order valence-electron chi connectivity index (χ2n) is 16.4. The molecular weight excluding hydrogens is 783 g/mol. The van der Waals surface area contributed by atoms with Gasteiger partial charge in [0.05, 0.1) is 16.8 Å². The smallest absolute Gasteiger partial charge is 0.145 e. The molecule has 13 aromatic rings. The van der Waals surface area contributed by atoms with Crippen LogP contribution in [-0.4, -0.2) is 0 Å². The summed E-state index contributed by atoms with van der Waals surface area (Å²) in [4.78, 5) is 2.43. The first-order valence-electron chi connectivity index (χ1n) is 21.5. The Morgan fingerprint density at radius 2 is 0.968 bits per heavy atom. The summed E-state index contributed by atoms with van der Waals surface area (Å²) in [5.41, 5.74) is 11.9. The first-order valence-corrected chi connectivity index (χ1v) is 22.3. The zero-order valence-electron chi connectivity index (χ0n) is 34.1. The van der Waals surface area contributed by atoms with E-state index in [1.165, 1.54) is 74.7 Å². The number of hydrogen-bond donors (Lipinski definition) is 0. The Balaban J connectivity index is 0.998. The molecule has 0 aliphatic carbocycles. The molecule has 2 aromatic heterocycles. The van der Waals surface area contributed by atoms with Gasteiger partial charge in [-0.2, -0.15) is 0 Å². The van der Waals surface area contributed by atoms with E-state index in [1.54, 1.807) is 0 Å². The maximum Gasteiger partial charge on any atom is 0.145 e. The number of anilines is 3. The molecule has 0 saturated carbocycles. The Morgan fingerprint density at radius 3 is 1.84 bits per heavy atom. The third-order valence-electron chi connectivity index (χ3n) is 12.8. The highest BCUT2D eigenvalue weighted by Gasteiger charge is 2.24. The molecule has 0 spiro atoms. The Morgan fingerprint density at radius 1 is 0.333 bits per heavy atom. The van der Waals surface area contributed by atoms with Crippen LogP contribution in [0.4, 0.5) is 17.1 Å². The van der Waals surface area contributed by atoms with Crippen molar-refractivity contribution >= 4 is 103 Å². The van der Waals surface area contributed by atoms with Crippen molar-refractivity contribution in [2.75, 3.05) is 4.90 Å². The molecule has 0 N–H and O–H groups in total. The molecule has 11 aromatic carbocycles. The lowest BCUT2D eigenvalue weighted by Crippen LogP contribution is -2.11. The lowest BCUT2D eigenvalue weighted by Gasteiger charge is -2.28. The van der Waals surface area contributed by atoms with Gasteiger partial charge in [0.15, 0.2) is 0 Å². The van der Waals surface area contributed by atoms with Crippen molar-refractivity contribution in [1.82, 2.24) is 0 Å². The van der Waals surface area contributed by atoms with Gasteiger partial charge in [0.1, 0.15) is 11.2 Å². The zero-order valence-corrected chi connectivity index (χ0v) is 34.9. The molecule has 0 radical (unpaired) electrons. The summed E-state index contributed by atoms with van der Waals surface area (Å²) in [6.45, 7) is 0. The molecule has 0 unspecified atom stereocenters. The molecule has 0 bridgehead atoms. The van der Waals surface area contributed by atoms with Gasteiger partial charge in [-0.3, -0.25) is 0 Å². The minimum absolute atomic E-state index is 0.864. The van der Waals surface area contributed by atoms with Crippen LogP contribution in [0, 0.1) is 0 Å². The highest BCUT2D eigenvalue weighted by molar-refractivity contribution is 7.25. The molecule has 294 valence electrons.